The summed E-state index contributed by atoms with van der Waals surface area (Å²) < 4.78 is 0. The van der Waals surface area contributed by atoms with Crippen molar-refractivity contribution < 1.29 is 5.11 Å². The average molecular weight is 247 g/mol. The normalized spacial score (nSPS) is 12.6. The molecule has 2 aromatic rings. The van der Waals surface area contributed by atoms with Crippen LogP contribution in [0.2, 0.25) is 0 Å². The smallest absolute Gasteiger partial charge is 0.115 e. The molecule has 0 aliphatic rings. The predicted octanol–water partition coefficient (Wildman–Crippen LogP) is 3.27. The highest BCUT2D eigenvalue weighted by Crippen LogP contribution is 2.25. The van der Waals surface area contributed by atoms with Gasteiger partial charge < -0.3 is 10.4 Å². The van der Waals surface area contributed by atoms with Crippen molar-refractivity contribution in [3.63, 3.8) is 0 Å². The van der Waals surface area contributed by atoms with E-state index in [0.717, 1.165) is 12.0 Å². The molecule has 1 unspecified atom stereocenters. The van der Waals surface area contributed by atoms with E-state index in [1.165, 1.54) is 11.1 Å². The Morgan fingerprint density at radius 2 is 2.18 bits per heavy atom. The van der Waals surface area contributed by atoms with E-state index < -0.39 is 0 Å². The monoisotopic (exact) mass is 247 g/mol. The molecule has 0 radical (unpaired) electrons. The molecule has 1 aromatic heterocycles. The minimum absolute atomic E-state index is 0.308. The lowest BCUT2D eigenvalue weighted by molar-refractivity contribution is 0.473. The van der Waals surface area contributed by atoms with Gasteiger partial charge in [0.25, 0.3) is 0 Å². The maximum absolute atomic E-state index is 9.47. The summed E-state index contributed by atoms with van der Waals surface area (Å²) >= 11 is 1.73. The molecule has 0 aliphatic heterocycles. The van der Waals surface area contributed by atoms with Crippen LogP contribution in [0.1, 0.15) is 22.7 Å². The van der Waals surface area contributed by atoms with Crippen LogP contribution in [0.25, 0.3) is 0 Å². The number of hydrogen-bond acceptors (Lipinski definition) is 3. The van der Waals surface area contributed by atoms with Gasteiger partial charge in [0.05, 0.1) is 0 Å². The lowest BCUT2D eigenvalue weighted by Gasteiger charge is -2.16. The molecule has 0 saturated heterocycles. The Hall–Kier alpha value is -1.32. The Morgan fingerprint density at radius 1 is 1.35 bits per heavy atom. The summed E-state index contributed by atoms with van der Waals surface area (Å²) in [6.45, 7) is 2.14. The Bertz CT molecular complexity index is 492. The van der Waals surface area contributed by atoms with Crippen LogP contribution in [0, 0.1) is 6.92 Å². The summed E-state index contributed by atoms with van der Waals surface area (Å²) in [7, 11) is 1.98. The molecule has 2 N–H and O–H groups in total. The van der Waals surface area contributed by atoms with Crippen molar-refractivity contribution in [2.24, 2.45) is 0 Å². The Morgan fingerprint density at radius 3 is 2.76 bits per heavy atom. The number of hydrogen-bond donors (Lipinski definition) is 2. The quantitative estimate of drug-likeness (QED) is 0.869. The maximum Gasteiger partial charge on any atom is 0.115 e. The largest absolute Gasteiger partial charge is 0.508 e. The highest BCUT2D eigenvalue weighted by atomic mass is 32.1. The van der Waals surface area contributed by atoms with Gasteiger partial charge >= 0.3 is 0 Å². The van der Waals surface area contributed by atoms with Gasteiger partial charge in [0, 0.05) is 6.04 Å². The molecular weight excluding hydrogens is 230 g/mol. The minimum atomic E-state index is 0.308. The lowest BCUT2D eigenvalue weighted by atomic mass is 9.99. The molecule has 1 heterocycles. The first-order valence-electron chi connectivity index (χ1n) is 5.68. The van der Waals surface area contributed by atoms with Gasteiger partial charge in [0.1, 0.15) is 5.75 Å². The lowest BCUT2D eigenvalue weighted by Crippen LogP contribution is -2.18. The number of aryl methyl sites for hydroxylation is 1. The number of phenols is 1. The SMILES string of the molecule is CNC(Cc1cccc(O)c1)c1cscc1C. The second-order valence-electron chi connectivity index (χ2n) is 4.23. The summed E-state index contributed by atoms with van der Waals surface area (Å²) in [6.07, 6.45) is 0.891. The van der Waals surface area contributed by atoms with E-state index in [0.29, 0.717) is 11.8 Å². The third-order valence-electron chi connectivity index (χ3n) is 2.97. The number of rotatable bonds is 4. The average Bonchev–Trinajstić information content (AvgIpc) is 2.72. The standard InChI is InChI=1S/C14H17NOS/c1-10-8-17-9-13(10)14(15-2)7-11-4-3-5-12(16)6-11/h3-6,8-9,14-16H,7H2,1-2H3. The van der Waals surface area contributed by atoms with Gasteiger partial charge in [0.15, 0.2) is 0 Å². The third kappa shape index (κ3) is 2.87. The first-order valence-corrected chi connectivity index (χ1v) is 6.63. The molecular formula is C14H17NOS. The van der Waals surface area contributed by atoms with E-state index in [1.54, 1.807) is 17.4 Å². The van der Waals surface area contributed by atoms with Crippen molar-refractivity contribution in [1.29, 1.82) is 0 Å². The highest BCUT2D eigenvalue weighted by molar-refractivity contribution is 7.08. The van der Waals surface area contributed by atoms with Gasteiger partial charge in [-0.3, -0.25) is 0 Å². The zero-order valence-electron chi connectivity index (χ0n) is 10.1. The van der Waals surface area contributed by atoms with E-state index in [4.69, 9.17) is 0 Å². The number of nitrogens with one attached hydrogen (secondary N) is 1. The summed E-state index contributed by atoms with van der Waals surface area (Å²) in [4.78, 5) is 0. The van der Waals surface area contributed by atoms with Gasteiger partial charge in [-0.15, -0.1) is 0 Å². The van der Waals surface area contributed by atoms with Crippen molar-refractivity contribution in [1.82, 2.24) is 5.32 Å². The zero-order valence-corrected chi connectivity index (χ0v) is 10.9. The summed E-state index contributed by atoms with van der Waals surface area (Å²) in [5.41, 5.74) is 3.82. The zero-order chi connectivity index (χ0) is 12.3. The topological polar surface area (TPSA) is 32.3 Å². The molecule has 0 spiro atoms. The molecule has 2 rings (SSSR count). The fourth-order valence-corrected chi connectivity index (χ4v) is 2.92. The summed E-state index contributed by atoms with van der Waals surface area (Å²) in [6, 6.07) is 7.77. The first kappa shape index (κ1) is 12.1. The van der Waals surface area contributed by atoms with E-state index in [-0.39, 0.29) is 0 Å². The fraction of sp³-hybridized carbons (Fsp3) is 0.286. The molecule has 3 heteroatoms. The van der Waals surface area contributed by atoms with Crippen LogP contribution in [0.4, 0.5) is 0 Å². The van der Waals surface area contributed by atoms with Gasteiger partial charge in [-0.2, -0.15) is 11.3 Å². The summed E-state index contributed by atoms with van der Waals surface area (Å²) in [5, 5.41) is 17.2. The molecule has 0 saturated carbocycles. The molecule has 0 fully saturated rings. The Kier molecular flexibility index (Phi) is 3.82. The predicted molar refractivity (Wildman–Crippen MR) is 72.7 cm³/mol. The number of phenolic OH excluding ortho intramolecular Hbond substituents is 1. The van der Waals surface area contributed by atoms with Gasteiger partial charge in [0.2, 0.25) is 0 Å². The molecule has 17 heavy (non-hydrogen) atoms. The molecule has 0 aliphatic carbocycles. The minimum Gasteiger partial charge on any atom is -0.508 e. The van der Waals surface area contributed by atoms with Crippen molar-refractivity contribution >= 4 is 11.3 Å². The summed E-state index contributed by atoms with van der Waals surface area (Å²) in [5.74, 6) is 0.333. The number of likely N-dealkylation sites (N-methyl/N-ethyl adjacent to an activating group) is 1. The van der Waals surface area contributed by atoms with E-state index in [1.807, 2.05) is 25.2 Å². The van der Waals surface area contributed by atoms with Gasteiger partial charge in [-0.1, -0.05) is 12.1 Å². The van der Waals surface area contributed by atoms with Gasteiger partial charge in [-0.25, -0.2) is 0 Å². The molecule has 1 aromatic carbocycles. The Balaban J connectivity index is 2.19. The first-order chi connectivity index (χ1) is 8.20. The maximum atomic E-state index is 9.47. The molecule has 90 valence electrons. The third-order valence-corrected chi connectivity index (χ3v) is 3.85. The van der Waals surface area contributed by atoms with E-state index in [9.17, 15) is 5.11 Å². The fourth-order valence-electron chi connectivity index (χ4n) is 2.01. The van der Waals surface area contributed by atoms with Crippen molar-refractivity contribution in [3.8, 4) is 5.75 Å². The van der Waals surface area contributed by atoms with Crippen LogP contribution < -0.4 is 5.32 Å². The Labute approximate surface area is 106 Å². The highest BCUT2D eigenvalue weighted by Gasteiger charge is 2.13. The van der Waals surface area contributed by atoms with Gasteiger partial charge in [-0.05, 0) is 60.0 Å². The van der Waals surface area contributed by atoms with Crippen LogP contribution >= 0.6 is 11.3 Å². The molecule has 1 atom stereocenters. The molecule has 2 nitrogen and oxygen atoms in total. The molecule has 0 bridgehead atoms. The number of benzene rings is 1. The van der Waals surface area contributed by atoms with Crippen LogP contribution in [0.3, 0.4) is 0 Å². The van der Waals surface area contributed by atoms with E-state index >= 15 is 0 Å². The van der Waals surface area contributed by atoms with Crippen LogP contribution in [-0.4, -0.2) is 12.2 Å². The second-order valence-corrected chi connectivity index (χ2v) is 4.97. The van der Waals surface area contributed by atoms with Crippen molar-refractivity contribution in [2.45, 2.75) is 19.4 Å². The molecule has 0 amide bonds. The van der Waals surface area contributed by atoms with E-state index in [2.05, 4.69) is 23.0 Å². The number of thiophene rings is 1. The van der Waals surface area contributed by atoms with Crippen LogP contribution in [-0.2, 0) is 6.42 Å². The van der Waals surface area contributed by atoms with Crippen molar-refractivity contribution in [3.05, 3.63) is 51.7 Å². The van der Waals surface area contributed by atoms with Crippen LogP contribution in [0.5, 0.6) is 5.75 Å². The van der Waals surface area contributed by atoms with Crippen molar-refractivity contribution in [2.75, 3.05) is 7.05 Å². The second kappa shape index (κ2) is 5.34. The number of aromatic hydroxyl groups is 1. The van der Waals surface area contributed by atoms with Crippen LogP contribution in [0.15, 0.2) is 35.0 Å².